The summed E-state index contributed by atoms with van der Waals surface area (Å²) in [5, 5.41) is 12.3. The zero-order chi connectivity index (χ0) is 13.9. The number of rotatable bonds is 4. The van der Waals surface area contributed by atoms with Gasteiger partial charge in [-0.25, -0.2) is 0 Å². The van der Waals surface area contributed by atoms with Gasteiger partial charge in [-0.3, -0.25) is 4.79 Å². The standard InChI is InChI=1S/C15H19N3OS/c16-9-13-3-4-14(20-13)10-17-12-5-7-18(8-6-12)15(19)11-1-2-11/h3-4,11-12,17H,1-2,5-8,10H2. The molecule has 4 nitrogen and oxygen atoms in total. The summed E-state index contributed by atoms with van der Waals surface area (Å²) in [6.45, 7) is 2.61. The second-order valence-electron chi connectivity index (χ2n) is 5.63. The number of amides is 1. The van der Waals surface area contributed by atoms with Gasteiger partial charge in [0.2, 0.25) is 5.91 Å². The molecule has 3 rings (SSSR count). The summed E-state index contributed by atoms with van der Waals surface area (Å²) < 4.78 is 0. The molecule has 1 aliphatic heterocycles. The summed E-state index contributed by atoms with van der Waals surface area (Å²) in [6, 6.07) is 6.55. The normalized spacial score (nSPS) is 19.9. The highest BCUT2D eigenvalue weighted by Crippen LogP contribution is 2.31. The van der Waals surface area contributed by atoms with Gasteiger partial charge in [-0.15, -0.1) is 11.3 Å². The average Bonchev–Trinajstić information content (AvgIpc) is 3.24. The van der Waals surface area contributed by atoms with E-state index in [4.69, 9.17) is 5.26 Å². The second-order valence-corrected chi connectivity index (χ2v) is 6.80. The van der Waals surface area contributed by atoms with Gasteiger partial charge in [-0.05, 0) is 37.8 Å². The molecule has 1 aliphatic carbocycles. The fourth-order valence-corrected chi connectivity index (χ4v) is 3.43. The van der Waals surface area contributed by atoms with E-state index in [0.717, 1.165) is 50.2 Å². The molecule has 2 aliphatic rings. The van der Waals surface area contributed by atoms with Gasteiger partial charge in [0.15, 0.2) is 0 Å². The Morgan fingerprint density at radius 3 is 2.70 bits per heavy atom. The number of nitrogens with zero attached hydrogens (tertiary/aromatic N) is 2. The maximum Gasteiger partial charge on any atom is 0.225 e. The van der Waals surface area contributed by atoms with E-state index in [1.54, 1.807) is 11.3 Å². The molecular weight excluding hydrogens is 270 g/mol. The quantitative estimate of drug-likeness (QED) is 0.923. The van der Waals surface area contributed by atoms with E-state index in [1.165, 1.54) is 4.88 Å². The Hall–Kier alpha value is -1.38. The number of thiophene rings is 1. The Bertz CT molecular complexity index is 521. The zero-order valence-corrected chi connectivity index (χ0v) is 12.3. The molecular formula is C15H19N3OS. The van der Waals surface area contributed by atoms with Crippen molar-refractivity contribution in [3.8, 4) is 6.07 Å². The van der Waals surface area contributed by atoms with Crippen molar-refractivity contribution in [3.63, 3.8) is 0 Å². The van der Waals surface area contributed by atoms with Crippen LogP contribution in [0.2, 0.25) is 0 Å². The van der Waals surface area contributed by atoms with Crippen LogP contribution in [-0.2, 0) is 11.3 Å². The minimum absolute atomic E-state index is 0.343. The number of hydrogen-bond acceptors (Lipinski definition) is 4. The smallest absolute Gasteiger partial charge is 0.225 e. The van der Waals surface area contributed by atoms with Gasteiger partial charge < -0.3 is 10.2 Å². The highest BCUT2D eigenvalue weighted by atomic mass is 32.1. The van der Waals surface area contributed by atoms with E-state index in [0.29, 0.717) is 17.9 Å². The fraction of sp³-hybridized carbons (Fsp3) is 0.600. The lowest BCUT2D eigenvalue weighted by atomic mass is 10.0. The molecule has 1 saturated carbocycles. The molecule has 1 N–H and O–H groups in total. The summed E-state index contributed by atoms with van der Waals surface area (Å²) in [5.74, 6) is 0.718. The van der Waals surface area contributed by atoms with Gasteiger partial charge in [0.05, 0.1) is 0 Å². The Morgan fingerprint density at radius 1 is 1.35 bits per heavy atom. The van der Waals surface area contributed by atoms with E-state index >= 15 is 0 Å². The molecule has 5 heteroatoms. The van der Waals surface area contributed by atoms with Crippen LogP contribution in [0.3, 0.4) is 0 Å². The molecule has 1 aromatic heterocycles. The first-order valence-electron chi connectivity index (χ1n) is 7.27. The number of nitriles is 1. The minimum atomic E-state index is 0.343. The Balaban J connectivity index is 1.42. The van der Waals surface area contributed by atoms with Crippen LogP contribution in [-0.4, -0.2) is 29.9 Å². The van der Waals surface area contributed by atoms with Crippen molar-refractivity contribution in [1.82, 2.24) is 10.2 Å². The lowest BCUT2D eigenvalue weighted by Crippen LogP contribution is -2.45. The van der Waals surface area contributed by atoms with Crippen molar-refractivity contribution >= 4 is 17.2 Å². The highest BCUT2D eigenvalue weighted by molar-refractivity contribution is 7.12. The van der Waals surface area contributed by atoms with Crippen molar-refractivity contribution in [2.24, 2.45) is 5.92 Å². The largest absolute Gasteiger partial charge is 0.342 e. The molecule has 2 heterocycles. The number of likely N-dealkylation sites (tertiary alicyclic amines) is 1. The van der Waals surface area contributed by atoms with E-state index in [1.807, 2.05) is 17.0 Å². The molecule has 106 valence electrons. The monoisotopic (exact) mass is 289 g/mol. The maximum absolute atomic E-state index is 12.0. The van der Waals surface area contributed by atoms with Crippen molar-refractivity contribution < 1.29 is 4.79 Å². The number of hydrogen-bond donors (Lipinski definition) is 1. The highest BCUT2D eigenvalue weighted by Gasteiger charge is 2.34. The van der Waals surface area contributed by atoms with E-state index in [9.17, 15) is 4.79 Å². The van der Waals surface area contributed by atoms with Gasteiger partial charge in [0.25, 0.3) is 0 Å². The lowest BCUT2D eigenvalue weighted by Gasteiger charge is -2.32. The minimum Gasteiger partial charge on any atom is -0.342 e. The molecule has 0 spiro atoms. The van der Waals surface area contributed by atoms with Crippen LogP contribution in [0.15, 0.2) is 12.1 Å². The lowest BCUT2D eigenvalue weighted by molar-refractivity contribution is -0.133. The summed E-state index contributed by atoms with van der Waals surface area (Å²) >= 11 is 1.55. The van der Waals surface area contributed by atoms with Crippen molar-refractivity contribution in [2.45, 2.75) is 38.3 Å². The molecule has 1 saturated heterocycles. The first kappa shape index (κ1) is 13.6. The van der Waals surface area contributed by atoms with E-state index < -0.39 is 0 Å². The summed E-state index contributed by atoms with van der Waals surface area (Å²) in [7, 11) is 0. The van der Waals surface area contributed by atoms with Gasteiger partial charge >= 0.3 is 0 Å². The molecule has 0 atom stereocenters. The third kappa shape index (κ3) is 3.20. The maximum atomic E-state index is 12.0. The topological polar surface area (TPSA) is 56.1 Å². The predicted molar refractivity (Wildman–Crippen MR) is 78.2 cm³/mol. The molecule has 0 radical (unpaired) electrons. The third-order valence-corrected chi connectivity index (χ3v) is 5.06. The third-order valence-electron chi connectivity index (χ3n) is 4.07. The molecule has 0 aromatic carbocycles. The van der Waals surface area contributed by atoms with Crippen LogP contribution in [0.1, 0.15) is 35.4 Å². The first-order valence-corrected chi connectivity index (χ1v) is 8.09. The Morgan fingerprint density at radius 2 is 2.10 bits per heavy atom. The summed E-state index contributed by atoms with van der Waals surface area (Å²) in [5.41, 5.74) is 0. The van der Waals surface area contributed by atoms with Crippen LogP contribution in [0.5, 0.6) is 0 Å². The van der Waals surface area contributed by atoms with E-state index in [2.05, 4.69) is 11.4 Å². The number of piperidine rings is 1. The number of carbonyl (C=O) groups excluding carboxylic acids is 1. The second kappa shape index (κ2) is 5.94. The van der Waals surface area contributed by atoms with Crippen molar-refractivity contribution in [3.05, 3.63) is 21.9 Å². The molecule has 1 aromatic rings. The molecule has 1 amide bonds. The molecule has 0 bridgehead atoms. The van der Waals surface area contributed by atoms with Crippen LogP contribution >= 0.6 is 11.3 Å². The molecule has 2 fully saturated rings. The number of carbonyl (C=O) groups is 1. The van der Waals surface area contributed by atoms with Gasteiger partial charge in [-0.2, -0.15) is 5.26 Å². The van der Waals surface area contributed by atoms with E-state index in [-0.39, 0.29) is 0 Å². The first-order chi connectivity index (χ1) is 9.76. The SMILES string of the molecule is N#Cc1ccc(CNC2CCN(C(=O)C3CC3)CC2)s1. The number of nitrogens with one attached hydrogen (secondary N) is 1. The van der Waals surface area contributed by atoms with Crippen LogP contribution in [0.4, 0.5) is 0 Å². The Labute approximate surface area is 123 Å². The molecule has 0 unspecified atom stereocenters. The molecule has 20 heavy (non-hydrogen) atoms. The fourth-order valence-electron chi connectivity index (χ4n) is 2.67. The zero-order valence-electron chi connectivity index (χ0n) is 11.5. The van der Waals surface area contributed by atoms with Crippen LogP contribution in [0.25, 0.3) is 0 Å². The van der Waals surface area contributed by atoms with Crippen LogP contribution < -0.4 is 5.32 Å². The van der Waals surface area contributed by atoms with Crippen molar-refractivity contribution in [1.29, 1.82) is 5.26 Å². The average molecular weight is 289 g/mol. The van der Waals surface area contributed by atoms with Gasteiger partial charge in [0, 0.05) is 36.5 Å². The Kier molecular flexibility index (Phi) is 4.04. The predicted octanol–water partition coefficient (Wildman–Crippen LogP) is 2.11. The van der Waals surface area contributed by atoms with Crippen LogP contribution in [0, 0.1) is 17.2 Å². The van der Waals surface area contributed by atoms with Crippen molar-refractivity contribution in [2.75, 3.05) is 13.1 Å². The van der Waals surface area contributed by atoms with Gasteiger partial charge in [0.1, 0.15) is 10.9 Å². The summed E-state index contributed by atoms with van der Waals surface area (Å²) in [4.78, 5) is 16.0. The van der Waals surface area contributed by atoms with Gasteiger partial charge in [-0.1, -0.05) is 0 Å². The summed E-state index contributed by atoms with van der Waals surface area (Å²) in [6.07, 6.45) is 4.26.